The molecule has 2 aromatic heterocycles. The van der Waals surface area contributed by atoms with Crippen LogP contribution in [-0.4, -0.2) is 27.0 Å². The highest BCUT2D eigenvalue weighted by molar-refractivity contribution is 6.37. The first-order chi connectivity index (χ1) is 11.0. The fourth-order valence-corrected chi connectivity index (χ4v) is 2.28. The van der Waals surface area contributed by atoms with E-state index in [2.05, 4.69) is 15.5 Å². The lowest BCUT2D eigenvalue weighted by atomic mass is 10.2. The molecule has 0 atom stereocenters. The van der Waals surface area contributed by atoms with Crippen LogP contribution in [0.15, 0.2) is 34.2 Å². The van der Waals surface area contributed by atoms with E-state index in [0.29, 0.717) is 11.3 Å². The number of hydrazone groups is 1. The van der Waals surface area contributed by atoms with Crippen molar-refractivity contribution in [1.29, 1.82) is 0 Å². The predicted octanol–water partition coefficient (Wildman–Crippen LogP) is 0.312. The molecule has 118 valence electrons. The van der Waals surface area contributed by atoms with E-state index in [-0.39, 0.29) is 36.6 Å². The van der Waals surface area contributed by atoms with E-state index in [1.165, 1.54) is 10.5 Å². The molecule has 0 spiro atoms. The molecule has 23 heavy (non-hydrogen) atoms. The van der Waals surface area contributed by atoms with E-state index in [9.17, 15) is 14.4 Å². The molecule has 0 fully saturated rings. The Balaban J connectivity index is 1.76. The zero-order valence-corrected chi connectivity index (χ0v) is 12.4. The van der Waals surface area contributed by atoms with Crippen LogP contribution in [-0.2, 0) is 20.9 Å². The number of hydrogen-bond donors (Lipinski definition) is 1. The van der Waals surface area contributed by atoms with Gasteiger partial charge in [0, 0.05) is 24.6 Å². The van der Waals surface area contributed by atoms with Gasteiger partial charge in [-0.1, -0.05) is 6.07 Å². The van der Waals surface area contributed by atoms with Crippen molar-refractivity contribution in [1.82, 2.24) is 14.8 Å². The maximum atomic E-state index is 12.1. The molecular formula is C15H14N4O4. The molecule has 0 radical (unpaired) electrons. The van der Waals surface area contributed by atoms with E-state index < -0.39 is 5.97 Å². The number of hydrogen-bond acceptors (Lipinski definition) is 6. The number of rotatable bonds is 3. The first-order valence-corrected chi connectivity index (χ1v) is 7.05. The van der Waals surface area contributed by atoms with Gasteiger partial charge in [-0.15, -0.1) is 0 Å². The van der Waals surface area contributed by atoms with Crippen LogP contribution in [0.3, 0.4) is 0 Å². The highest BCUT2D eigenvalue weighted by Gasteiger charge is 2.19. The zero-order chi connectivity index (χ0) is 16.4. The summed E-state index contributed by atoms with van der Waals surface area (Å²) in [6.45, 7) is 1.68. The minimum atomic E-state index is -0.628. The molecule has 1 amide bonds. The maximum Gasteiger partial charge on any atom is 0.354 e. The van der Waals surface area contributed by atoms with Gasteiger partial charge >= 0.3 is 5.97 Å². The Hall–Kier alpha value is -3.03. The Morgan fingerprint density at radius 1 is 1.35 bits per heavy atom. The Bertz CT molecular complexity index is 885. The summed E-state index contributed by atoms with van der Waals surface area (Å²) in [5.41, 5.74) is 3.77. The first-order valence-electron chi connectivity index (χ1n) is 7.05. The van der Waals surface area contributed by atoms with Gasteiger partial charge in [0.2, 0.25) is 5.91 Å². The molecule has 0 saturated carbocycles. The number of carbonyl (C=O) groups excluding carboxylic acids is 2. The Morgan fingerprint density at radius 3 is 2.91 bits per heavy atom. The third kappa shape index (κ3) is 3.10. The van der Waals surface area contributed by atoms with Crippen molar-refractivity contribution in [3.05, 3.63) is 46.0 Å². The Kier molecular flexibility index (Phi) is 3.88. The first kappa shape index (κ1) is 14.9. The lowest BCUT2D eigenvalue weighted by Gasteiger charge is -2.11. The van der Waals surface area contributed by atoms with Gasteiger partial charge in [0.15, 0.2) is 0 Å². The summed E-state index contributed by atoms with van der Waals surface area (Å²) >= 11 is 0. The number of aromatic nitrogens is 2. The standard InChI is InChI=1S/C15H14N4O4/c1-9-3-2-4-12-16-10(7-14(21)19(9)12)8-23-15(22)11-5-6-13(20)18-17-11/h2-4,7H,5-6,8H2,1H3,(H,18,20). The van der Waals surface area contributed by atoms with Crippen LogP contribution in [0.1, 0.15) is 24.2 Å². The van der Waals surface area contributed by atoms with Gasteiger partial charge in [-0.3, -0.25) is 14.0 Å². The molecule has 1 aliphatic heterocycles. The highest BCUT2D eigenvalue weighted by atomic mass is 16.5. The fourth-order valence-electron chi connectivity index (χ4n) is 2.28. The summed E-state index contributed by atoms with van der Waals surface area (Å²) in [6, 6.07) is 6.65. The number of ether oxygens (including phenoxy) is 1. The van der Waals surface area contributed by atoms with Crippen molar-refractivity contribution in [3.8, 4) is 0 Å². The van der Waals surface area contributed by atoms with Crippen molar-refractivity contribution >= 4 is 23.2 Å². The molecule has 1 aliphatic rings. The van der Waals surface area contributed by atoms with Crippen molar-refractivity contribution in [3.63, 3.8) is 0 Å². The summed E-state index contributed by atoms with van der Waals surface area (Å²) in [6.07, 6.45) is 0.431. The van der Waals surface area contributed by atoms with Crippen LogP contribution >= 0.6 is 0 Å². The SMILES string of the molecule is Cc1cccc2nc(COC(=O)C3=NNC(=O)CC3)cc(=O)n12. The molecule has 0 saturated heterocycles. The molecule has 1 N–H and O–H groups in total. The third-order valence-electron chi connectivity index (χ3n) is 3.42. The largest absolute Gasteiger partial charge is 0.455 e. The molecule has 8 heteroatoms. The second kappa shape index (κ2) is 5.99. The number of amides is 1. The monoisotopic (exact) mass is 314 g/mol. The number of carbonyl (C=O) groups is 2. The zero-order valence-electron chi connectivity index (χ0n) is 12.4. The van der Waals surface area contributed by atoms with Crippen LogP contribution < -0.4 is 11.0 Å². The Labute approximate surface area is 130 Å². The van der Waals surface area contributed by atoms with Gasteiger partial charge in [0.05, 0.1) is 5.69 Å². The molecule has 0 bridgehead atoms. The number of nitrogens with zero attached hydrogens (tertiary/aromatic N) is 3. The average molecular weight is 314 g/mol. The molecule has 3 heterocycles. The summed E-state index contributed by atoms with van der Waals surface area (Å²) in [5.74, 6) is -0.864. The molecular weight excluding hydrogens is 300 g/mol. The number of aryl methyl sites for hydroxylation is 1. The van der Waals surface area contributed by atoms with Crippen LogP contribution in [0.25, 0.3) is 5.65 Å². The second-order valence-corrected chi connectivity index (χ2v) is 5.12. The van der Waals surface area contributed by atoms with Gasteiger partial charge < -0.3 is 4.74 Å². The quantitative estimate of drug-likeness (QED) is 0.822. The topological polar surface area (TPSA) is 102 Å². The normalized spacial score (nSPS) is 14.3. The van der Waals surface area contributed by atoms with Gasteiger partial charge in [-0.05, 0) is 19.1 Å². The minimum absolute atomic E-state index is 0.133. The van der Waals surface area contributed by atoms with Crippen molar-refractivity contribution in [2.75, 3.05) is 0 Å². The van der Waals surface area contributed by atoms with Crippen LogP contribution in [0.5, 0.6) is 0 Å². The Morgan fingerprint density at radius 2 is 2.17 bits per heavy atom. The number of fused-ring (bicyclic) bond motifs is 1. The van der Waals surface area contributed by atoms with Gasteiger partial charge in [-0.2, -0.15) is 5.10 Å². The number of esters is 1. The number of pyridine rings is 1. The summed E-state index contributed by atoms with van der Waals surface area (Å²) < 4.78 is 6.58. The average Bonchev–Trinajstić information content (AvgIpc) is 2.53. The fraction of sp³-hybridized carbons (Fsp3) is 0.267. The van der Waals surface area contributed by atoms with E-state index in [1.807, 2.05) is 13.0 Å². The van der Waals surface area contributed by atoms with E-state index in [0.717, 1.165) is 5.69 Å². The van der Waals surface area contributed by atoms with Crippen molar-refractivity contribution in [2.45, 2.75) is 26.4 Å². The van der Waals surface area contributed by atoms with Crippen LogP contribution in [0.4, 0.5) is 0 Å². The third-order valence-corrected chi connectivity index (χ3v) is 3.42. The van der Waals surface area contributed by atoms with Crippen LogP contribution in [0, 0.1) is 6.92 Å². The smallest absolute Gasteiger partial charge is 0.354 e. The lowest BCUT2D eigenvalue weighted by molar-refractivity contribution is -0.137. The molecule has 0 aromatic carbocycles. The highest BCUT2D eigenvalue weighted by Crippen LogP contribution is 2.06. The summed E-state index contributed by atoms with van der Waals surface area (Å²) in [5, 5.41) is 3.66. The molecule has 2 aromatic rings. The van der Waals surface area contributed by atoms with E-state index >= 15 is 0 Å². The molecule has 8 nitrogen and oxygen atoms in total. The molecule has 0 unspecified atom stereocenters. The predicted molar refractivity (Wildman–Crippen MR) is 80.8 cm³/mol. The summed E-state index contributed by atoms with van der Waals surface area (Å²) in [7, 11) is 0. The maximum absolute atomic E-state index is 12.1. The van der Waals surface area contributed by atoms with Gasteiger partial charge in [0.1, 0.15) is 18.0 Å². The lowest BCUT2D eigenvalue weighted by Crippen LogP contribution is -2.30. The second-order valence-electron chi connectivity index (χ2n) is 5.12. The van der Waals surface area contributed by atoms with Crippen LogP contribution in [0.2, 0.25) is 0 Å². The molecule has 3 rings (SSSR count). The number of nitrogens with one attached hydrogen (secondary N) is 1. The minimum Gasteiger partial charge on any atom is -0.455 e. The van der Waals surface area contributed by atoms with Gasteiger partial charge in [-0.25, -0.2) is 15.2 Å². The van der Waals surface area contributed by atoms with E-state index in [1.54, 1.807) is 12.1 Å². The summed E-state index contributed by atoms with van der Waals surface area (Å²) in [4.78, 5) is 39.3. The van der Waals surface area contributed by atoms with Crippen molar-refractivity contribution in [2.24, 2.45) is 5.10 Å². The van der Waals surface area contributed by atoms with Crippen molar-refractivity contribution < 1.29 is 14.3 Å². The van der Waals surface area contributed by atoms with Gasteiger partial charge in [0.25, 0.3) is 5.56 Å². The van der Waals surface area contributed by atoms with E-state index in [4.69, 9.17) is 4.74 Å². The molecule has 0 aliphatic carbocycles.